The van der Waals surface area contributed by atoms with Crippen LogP contribution < -0.4 is 0 Å². The van der Waals surface area contributed by atoms with Gasteiger partial charge in [-0.2, -0.15) is 13.2 Å². The number of halogens is 3. The summed E-state index contributed by atoms with van der Waals surface area (Å²) in [6, 6.07) is 2.66. The third-order valence-electron chi connectivity index (χ3n) is 3.15. The van der Waals surface area contributed by atoms with E-state index < -0.39 is 11.9 Å². The molecule has 1 aliphatic carbocycles. The van der Waals surface area contributed by atoms with Crippen molar-refractivity contribution in [2.45, 2.75) is 44.2 Å². The van der Waals surface area contributed by atoms with Gasteiger partial charge in [0.25, 0.3) is 0 Å². The Kier molecular flexibility index (Phi) is 3.17. The SMILES string of the molecule is FC(F)(F)c1ccc(C2CCCCC2)cn1. The first kappa shape index (κ1) is 11.4. The van der Waals surface area contributed by atoms with Crippen molar-refractivity contribution in [1.82, 2.24) is 4.98 Å². The molecular weight excluding hydrogens is 215 g/mol. The molecule has 0 spiro atoms. The van der Waals surface area contributed by atoms with Gasteiger partial charge in [-0.05, 0) is 30.4 Å². The van der Waals surface area contributed by atoms with Crippen LogP contribution >= 0.6 is 0 Å². The van der Waals surface area contributed by atoms with Crippen molar-refractivity contribution in [2.75, 3.05) is 0 Å². The van der Waals surface area contributed by atoms with E-state index in [0.717, 1.165) is 24.5 Å². The number of alkyl halides is 3. The molecule has 1 aromatic rings. The molecule has 0 N–H and O–H groups in total. The van der Waals surface area contributed by atoms with Crippen LogP contribution in [-0.4, -0.2) is 4.98 Å². The molecule has 0 aromatic carbocycles. The van der Waals surface area contributed by atoms with E-state index in [0.29, 0.717) is 5.92 Å². The predicted octanol–water partition coefficient (Wildman–Crippen LogP) is 4.15. The van der Waals surface area contributed by atoms with Gasteiger partial charge in [0.1, 0.15) is 5.69 Å². The van der Waals surface area contributed by atoms with Crippen molar-refractivity contribution in [3.8, 4) is 0 Å². The minimum Gasteiger partial charge on any atom is -0.251 e. The fourth-order valence-electron chi connectivity index (χ4n) is 2.25. The highest BCUT2D eigenvalue weighted by atomic mass is 19.4. The molecule has 88 valence electrons. The second kappa shape index (κ2) is 4.44. The number of hydrogen-bond donors (Lipinski definition) is 0. The molecule has 0 aliphatic heterocycles. The lowest BCUT2D eigenvalue weighted by atomic mass is 9.85. The molecule has 16 heavy (non-hydrogen) atoms. The molecule has 0 bridgehead atoms. The highest BCUT2D eigenvalue weighted by Gasteiger charge is 2.32. The number of pyridine rings is 1. The van der Waals surface area contributed by atoms with E-state index in [1.165, 1.54) is 25.5 Å². The first-order chi connectivity index (χ1) is 7.57. The first-order valence-corrected chi connectivity index (χ1v) is 5.60. The summed E-state index contributed by atoms with van der Waals surface area (Å²) in [4.78, 5) is 3.50. The van der Waals surface area contributed by atoms with Crippen LogP contribution in [0.15, 0.2) is 18.3 Å². The van der Waals surface area contributed by atoms with Gasteiger partial charge in [-0.3, -0.25) is 4.98 Å². The Labute approximate surface area is 92.7 Å². The Morgan fingerprint density at radius 2 is 1.75 bits per heavy atom. The summed E-state index contributed by atoms with van der Waals surface area (Å²) in [5, 5.41) is 0. The van der Waals surface area contributed by atoms with Gasteiger partial charge in [0.2, 0.25) is 0 Å². The summed E-state index contributed by atoms with van der Waals surface area (Å²) in [7, 11) is 0. The molecule has 1 fully saturated rings. The van der Waals surface area contributed by atoms with Crippen molar-refractivity contribution in [3.63, 3.8) is 0 Å². The smallest absolute Gasteiger partial charge is 0.251 e. The zero-order valence-corrected chi connectivity index (χ0v) is 8.93. The summed E-state index contributed by atoms with van der Waals surface area (Å²) in [5.41, 5.74) is 0.153. The monoisotopic (exact) mass is 229 g/mol. The maximum absolute atomic E-state index is 12.3. The van der Waals surface area contributed by atoms with Crippen molar-refractivity contribution >= 4 is 0 Å². The molecular formula is C12H14F3N. The van der Waals surface area contributed by atoms with Crippen LogP contribution in [0.2, 0.25) is 0 Å². The maximum Gasteiger partial charge on any atom is 0.433 e. The van der Waals surface area contributed by atoms with Crippen molar-refractivity contribution in [1.29, 1.82) is 0 Å². The molecule has 0 atom stereocenters. The van der Waals surface area contributed by atoms with E-state index in [1.807, 2.05) is 0 Å². The third-order valence-corrected chi connectivity index (χ3v) is 3.15. The molecule has 4 heteroatoms. The predicted molar refractivity (Wildman–Crippen MR) is 55.1 cm³/mol. The summed E-state index contributed by atoms with van der Waals surface area (Å²) in [6.07, 6.45) is 2.80. The zero-order valence-electron chi connectivity index (χ0n) is 8.93. The van der Waals surface area contributed by atoms with E-state index in [4.69, 9.17) is 0 Å². The van der Waals surface area contributed by atoms with Crippen LogP contribution in [0.5, 0.6) is 0 Å². The molecule has 1 saturated carbocycles. The Bertz CT molecular complexity index is 336. The minimum atomic E-state index is -4.33. The first-order valence-electron chi connectivity index (χ1n) is 5.60. The summed E-state index contributed by atoms with van der Waals surface area (Å²) < 4.78 is 36.9. The van der Waals surface area contributed by atoms with Crippen LogP contribution in [0.4, 0.5) is 13.2 Å². The van der Waals surface area contributed by atoms with Gasteiger partial charge in [0.15, 0.2) is 0 Å². The summed E-state index contributed by atoms with van der Waals surface area (Å²) >= 11 is 0. The number of rotatable bonds is 1. The average Bonchev–Trinajstić information content (AvgIpc) is 2.29. The molecule has 0 unspecified atom stereocenters. The zero-order chi connectivity index (χ0) is 11.6. The van der Waals surface area contributed by atoms with Gasteiger partial charge in [0.05, 0.1) is 0 Å². The molecule has 1 nitrogen and oxygen atoms in total. The lowest BCUT2D eigenvalue weighted by Crippen LogP contribution is -2.10. The van der Waals surface area contributed by atoms with E-state index in [2.05, 4.69) is 4.98 Å². The van der Waals surface area contributed by atoms with Crippen LogP contribution in [0.25, 0.3) is 0 Å². The fraction of sp³-hybridized carbons (Fsp3) is 0.583. The van der Waals surface area contributed by atoms with Crippen LogP contribution in [0.1, 0.15) is 49.3 Å². The van der Waals surface area contributed by atoms with Crippen molar-refractivity contribution in [2.24, 2.45) is 0 Å². The molecule has 1 heterocycles. The molecule has 0 saturated heterocycles. The van der Waals surface area contributed by atoms with Crippen molar-refractivity contribution < 1.29 is 13.2 Å². The van der Waals surface area contributed by atoms with Gasteiger partial charge in [-0.1, -0.05) is 25.3 Å². The molecule has 1 aliphatic rings. The quantitative estimate of drug-likeness (QED) is 0.705. The van der Waals surface area contributed by atoms with Gasteiger partial charge < -0.3 is 0 Å². The Morgan fingerprint density at radius 3 is 2.25 bits per heavy atom. The standard InChI is InChI=1S/C12H14F3N/c13-12(14,15)11-7-6-10(8-16-11)9-4-2-1-3-5-9/h6-9H,1-5H2. The number of nitrogens with zero attached hydrogens (tertiary/aromatic N) is 1. The number of hydrogen-bond acceptors (Lipinski definition) is 1. The second-order valence-corrected chi connectivity index (χ2v) is 4.31. The second-order valence-electron chi connectivity index (χ2n) is 4.31. The van der Waals surface area contributed by atoms with E-state index in [1.54, 1.807) is 6.07 Å². The van der Waals surface area contributed by atoms with Crippen LogP contribution in [0, 0.1) is 0 Å². The Morgan fingerprint density at radius 1 is 1.06 bits per heavy atom. The van der Waals surface area contributed by atoms with Gasteiger partial charge >= 0.3 is 6.18 Å². The maximum atomic E-state index is 12.3. The van der Waals surface area contributed by atoms with E-state index >= 15 is 0 Å². The topological polar surface area (TPSA) is 12.9 Å². The summed E-state index contributed by atoms with van der Waals surface area (Å²) in [5.74, 6) is 0.406. The summed E-state index contributed by atoms with van der Waals surface area (Å²) in [6.45, 7) is 0. The average molecular weight is 229 g/mol. The number of aromatic nitrogens is 1. The molecule has 1 aromatic heterocycles. The van der Waals surface area contributed by atoms with E-state index in [-0.39, 0.29) is 0 Å². The lowest BCUT2D eigenvalue weighted by Gasteiger charge is -2.21. The minimum absolute atomic E-state index is 0.406. The van der Waals surface area contributed by atoms with Crippen LogP contribution in [-0.2, 0) is 6.18 Å². The van der Waals surface area contributed by atoms with Crippen LogP contribution in [0.3, 0.4) is 0 Å². The van der Waals surface area contributed by atoms with Gasteiger partial charge in [-0.25, -0.2) is 0 Å². The Hall–Kier alpha value is -1.06. The molecule has 0 amide bonds. The fourth-order valence-corrected chi connectivity index (χ4v) is 2.25. The highest BCUT2D eigenvalue weighted by Crippen LogP contribution is 2.33. The lowest BCUT2D eigenvalue weighted by molar-refractivity contribution is -0.141. The highest BCUT2D eigenvalue weighted by molar-refractivity contribution is 5.20. The third kappa shape index (κ3) is 2.54. The largest absolute Gasteiger partial charge is 0.433 e. The van der Waals surface area contributed by atoms with Gasteiger partial charge in [0, 0.05) is 6.20 Å². The van der Waals surface area contributed by atoms with Crippen molar-refractivity contribution in [3.05, 3.63) is 29.6 Å². The Balaban J connectivity index is 2.12. The molecule has 0 radical (unpaired) electrons. The van der Waals surface area contributed by atoms with Gasteiger partial charge in [-0.15, -0.1) is 0 Å². The normalized spacial score (nSPS) is 18.7. The molecule has 2 rings (SSSR count). The van der Waals surface area contributed by atoms with E-state index in [9.17, 15) is 13.2 Å².